The van der Waals surface area contributed by atoms with Crippen molar-refractivity contribution in [2.45, 2.75) is 20.3 Å². The van der Waals surface area contributed by atoms with Gasteiger partial charge in [0.15, 0.2) is 5.69 Å². The van der Waals surface area contributed by atoms with Crippen LogP contribution >= 0.6 is 0 Å². The van der Waals surface area contributed by atoms with Crippen molar-refractivity contribution in [3.05, 3.63) is 11.4 Å². The number of rotatable bonds is 3. The highest BCUT2D eigenvalue weighted by molar-refractivity contribution is 5.97. The van der Waals surface area contributed by atoms with Gasteiger partial charge in [-0.2, -0.15) is 5.10 Å². The van der Waals surface area contributed by atoms with Gasteiger partial charge < -0.3 is 10.6 Å². The van der Waals surface area contributed by atoms with Crippen LogP contribution in [0.25, 0.3) is 0 Å². The molecule has 2 rings (SSSR count). The van der Waals surface area contributed by atoms with Gasteiger partial charge in [-0.05, 0) is 25.2 Å². The number of amides is 1. The molecule has 1 aromatic heterocycles. The average molecular weight is 222 g/mol. The second-order valence-electron chi connectivity index (χ2n) is 4.77. The third-order valence-corrected chi connectivity index (χ3v) is 3.33. The minimum absolute atomic E-state index is 0.0963. The molecule has 1 aromatic rings. The molecule has 1 aliphatic rings. The third kappa shape index (κ3) is 1.89. The van der Waals surface area contributed by atoms with Crippen LogP contribution in [0.15, 0.2) is 0 Å². The monoisotopic (exact) mass is 222 g/mol. The number of anilines is 1. The Bertz CT molecular complexity index is 412. The molecule has 1 fully saturated rings. The van der Waals surface area contributed by atoms with Crippen LogP contribution in [0.1, 0.15) is 29.5 Å². The van der Waals surface area contributed by atoms with E-state index < -0.39 is 0 Å². The van der Waals surface area contributed by atoms with E-state index in [0.29, 0.717) is 17.3 Å². The Morgan fingerprint density at radius 2 is 2.31 bits per heavy atom. The summed E-state index contributed by atoms with van der Waals surface area (Å²) in [5, 5.41) is 6.67. The quantitative estimate of drug-likeness (QED) is 0.802. The lowest BCUT2D eigenvalue weighted by Gasteiger charge is -2.15. The Morgan fingerprint density at radius 1 is 1.69 bits per heavy atom. The van der Waals surface area contributed by atoms with Crippen LogP contribution in [-0.2, 0) is 0 Å². The van der Waals surface area contributed by atoms with Gasteiger partial charge >= 0.3 is 0 Å². The topological polar surface area (TPSA) is 75.0 Å². The minimum Gasteiger partial charge on any atom is -0.395 e. The maximum absolute atomic E-state index is 12.0. The molecular weight excluding hydrogens is 204 g/mol. The third-order valence-electron chi connectivity index (χ3n) is 3.33. The highest BCUT2D eigenvalue weighted by Crippen LogP contribution is 2.38. The summed E-state index contributed by atoms with van der Waals surface area (Å²) in [7, 11) is 1.80. The van der Waals surface area contributed by atoms with E-state index in [-0.39, 0.29) is 5.91 Å². The van der Waals surface area contributed by atoms with E-state index in [9.17, 15) is 4.79 Å². The van der Waals surface area contributed by atoms with Gasteiger partial charge in [-0.1, -0.05) is 6.92 Å². The van der Waals surface area contributed by atoms with Crippen LogP contribution in [0.3, 0.4) is 0 Å². The molecule has 1 heterocycles. The van der Waals surface area contributed by atoms with Gasteiger partial charge in [-0.15, -0.1) is 0 Å². The first kappa shape index (κ1) is 11.0. The minimum atomic E-state index is -0.0963. The normalized spacial score (nSPS) is 23.2. The zero-order valence-corrected chi connectivity index (χ0v) is 9.95. The lowest BCUT2D eigenvalue weighted by molar-refractivity contribution is 0.0782. The van der Waals surface area contributed by atoms with Crippen molar-refractivity contribution in [2.24, 2.45) is 11.8 Å². The molecule has 1 aliphatic carbocycles. The number of nitrogens with two attached hydrogens (primary N) is 1. The molecule has 1 saturated carbocycles. The van der Waals surface area contributed by atoms with Crippen LogP contribution in [-0.4, -0.2) is 34.6 Å². The summed E-state index contributed by atoms with van der Waals surface area (Å²) in [4.78, 5) is 13.7. The van der Waals surface area contributed by atoms with Crippen LogP contribution in [0, 0.1) is 18.8 Å². The van der Waals surface area contributed by atoms with Gasteiger partial charge in [0.25, 0.3) is 5.91 Å². The smallest absolute Gasteiger partial charge is 0.276 e. The van der Waals surface area contributed by atoms with Gasteiger partial charge in [0.05, 0.1) is 11.4 Å². The van der Waals surface area contributed by atoms with Crippen molar-refractivity contribution in [1.82, 2.24) is 15.1 Å². The summed E-state index contributed by atoms with van der Waals surface area (Å²) in [5.74, 6) is 1.30. The predicted octanol–water partition coefficient (Wildman–Crippen LogP) is 1.03. The lowest BCUT2D eigenvalue weighted by Crippen LogP contribution is -2.30. The van der Waals surface area contributed by atoms with E-state index in [0.717, 1.165) is 18.2 Å². The van der Waals surface area contributed by atoms with Crippen LogP contribution in [0.4, 0.5) is 5.69 Å². The van der Waals surface area contributed by atoms with E-state index in [4.69, 9.17) is 5.73 Å². The molecule has 5 heteroatoms. The van der Waals surface area contributed by atoms with Gasteiger partial charge in [-0.25, -0.2) is 0 Å². The molecule has 0 aromatic carbocycles. The molecule has 1 amide bonds. The summed E-state index contributed by atoms with van der Waals surface area (Å²) in [6.45, 7) is 4.81. The second-order valence-corrected chi connectivity index (χ2v) is 4.77. The molecule has 0 saturated heterocycles. The maximum atomic E-state index is 12.0. The Kier molecular flexibility index (Phi) is 2.61. The molecule has 3 N–H and O–H groups in total. The first-order valence-corrected chi connectivity index (χ1v) is 5.56. The average Bonchev–Trinajstić information content (AvgIpc) is 2.82. The number of H-pyrrole nitrogens is 1. The van der Waals surface area contributed by atoms with Crippen LogP contribution < -0.4 is 5.73 Å². The van der Waals surface area contributed by atoms with E-state index in [1.54, 1.807) is 11.9 Å². The summed E-state index contributed by atoms with van der Waals surface area (Å²) >= 11 is 0. The number of nitrogens with one attached hydrogen (secondary N) is 1. The number of nitrogens with zero attached hydrogens (tertiary/aromatic N) is 2. The first-order valence-electron chi connectivity index (χ1n) is 5.56. The van der Waals surface area contributed by atoms with Gasteiger partial charge in [-0.3, -0.25) is 9.89 Å². The van der Waals surface area contributed by atoms with Crippen molar-refractivity contribution in [2.75, 3.05) is 19.3 Å². The number of carbonyl (C=O) groups excluding carboxylic acids is 1. The maximum Gasteiger partial charge on any atom is 0.276 e. The van der Waals surface area contributed by atoms with Crippen molar-refractivity contribution in [3.63, 3.8) is 0 Å². The Balaban J connectivity index is 2.04. The molecule has 2 atom stereocenters. The fraction of sp³-hybridized carbons (Fsp3) is 0.636. The molecule has 5 nitrogen and oxygen atoms in total. The number of aryl methyl sites for hydroxylation is 1. The molecule has 0 aliphatic heterocycles. The number of hydrogen-bond donors (Lipinski definition) is 2. The lowest BCUT2D eigenvalue weighted by atomic mass is 10.2. The number of aromatic nitrogens is 2. The van der Waals surface area contributed by atoms with Crippen molar-refractivity contribution < 1.29 is 4.79 Å². The Hall–Kier alpha value is -1.52. The van der Waals surface area contributed by atoms with Crippen molar-refractivity contribution in [1.29, 1.82) is 0 Å². The summed E-state index contributed by atoms with van der Waals surface area (Å²) in [6.07, 6.45) is 1.21. The largest absolute Gasteiger partial charge is 0.395 e. The second kappa shape index (κ2) is 3.81. The van der Waals surface area contributed by atoms with E-state index in [2.05, 4.69) is 17.1 Å². The van der Waals surface area contributed by atoms with E-state index in [1.807, 2.05) is 6.92 Å². The first-order chi connectivity index (χ1) is 7.50. The van der Waals surface area contributed by atoms with E-state index in [1.165, 1.54) is 6.42 Å². The predicted molar refractivity (Wildman–Crippen MR) is 62.0 cm³/mol. The molecule has 0 radical (unpaired) electrons. The molecule has 0 bridgehead atoms. The van der Waals surface area contributed by atoms with Gasteiger partial charge in [0.2, 0.25) is 0 Å². The Labute approximate surface area is 95.0 Å². The Morgan fingerprint density at radius 3 is 2.75 bits per heavy atom. The fourth-order valence-electron chi connectivity index (χ4n) is 1.87. The highest BCUT2D eigenvalue weighted by Gasteiger charge is 2.34. The standard InChI is InChI=1S/C11H18N4O/c1-6-4-8(6)5-15(3)11(16)10-9(12)7(2)13-14-10/h6,8H,4-5,12H2,1-3H3,(H,13,14). The van der Waals surface area contributed by atoms with Crippen LogP contribution in [0.5, 0.6) is 0 Å². The summed E-state index contributed by atoms with van der Waals surface area (Å²) in [6, 6.07) is 0. The number of carbonyl (C=O) groups is 1. The number of aromatic amines is 1. The van der Waals surface area contributed by atoms with E-state index >= 15 is 0 Å². The van der Waals surface area contributed by atoms with Crippen molar-refractivity contribution >= 4 is 11.6 Å². The zero-order chi connectivity index (χ0) is 11.9. The number of nitrogen functional groups attached to an aromatic ring is 1. The molecular formula is C11H18N4O. The number of hydrogen-bond acceptors (Lipinski definition) is 3. The molecule has 88 valence electrons. The van der Waals surface area contributed by atoms with Gasteiger partial charge in [0.1, 0.15) is 0 Å². The fourth-order valence-corrected chi connectivity index (χ4v) is 1.87. The van der Waals surface area contributed by atoms with Crippen LogP contribution in [0.2, 0.25) is 0 Å². The zero-order valence-electron chi connectivity index (χ0n) is 9.95. The summed E-state index contributed by atoms with van der Waals surface area (Å²) in [5.41, 5.74) is 7.32. The summed E-state index contributed by atoms with van der Waals surface area (Å²) < 4.78 is 0. The highest BCUT2D eigenvalue weighted by atomic mass is 16.2. The molecule has 16 heavy (non-hydrogen) atoms. The SMILES string of the molecule is Cc1[nH]nc(C(=O)N(C)CC2CC2C)c1N. The van der Waals surface area contributed by atoms with Gasteiger partial charge in [0, 0.05) is 13.6 Å². The molecule has 2 unspecified atom stereocenters. The van der Waals surface area contributed by atoms with Crippen molar-refractivity contribution in [3.8, 4) is 0 Å². The molecule has 0 spiro atoms.